The lowest BCUT2D eigenvalue weighted by atomic mass is 9.95. The molecule has 56 heavy (non-hydrogen) atoms. The monoisotopic (exact) mass is 734 g/mol. The van der Waals surface area contributed by atoms with Gasteiger partial charge < -0.3 is 4.42 Å². The van der Waals surface area contributed by atoms with Crippen LogP contribution in [-0.2, 0) is 0 Å². The van der Waals surface area contributed by atoms with Gasteiger partial charge in [-0.3, -0.25) is 0 Å². The highest BCUT2D eigenvalue weighted by molar-refractivity contribution is 7.25. The highest BCUT2D eigenvalue weighted by atomic mass is 32.1. The van der Waals surface area contributed by atoms with Crippen LogP contribution in [0.3, 0.4) is 0 Å². The van der Waals surface area contributed by atoms with Crippen molar-refractivity contribution >= 4 is 53.7 Å². The van der Waals surface area contributed by atoms with Crippen LogP contribution in [0.15, 0.2) is 186 Å². The number of para-hydroxylation sites is 1. The highest BCUT2D eigenvalue weighted by Gasteiger charge is 2.20. The molecule has 11 aromatic rings. The molecule has 0 saturated carbocycles. The van der Waals surface area contributed by atoms with Gasteiger partial charge in [0.1, 0.15) is 10.4 Å². The Balaban J connectivity index is 1.02. The zero-order valence-electron chi connectivity index (χ0n) is 29.9. The molecule has 0 fully saturated rings. The van der Waals surface area contributed by atoms with Gasteiger partial charge >= 0.3 is 0 Å². The molecule has 4 aromatic heterocycles. The third-order valence-electron chi connectivity index (χ3n) is 10.3. The van der Waals surface area contributed by atoms with Gasteiger partial charge in [0.15, 0.2) is 11.6 Å². The minimum atomic E-state index is 0.578. The number of rotatable bonds is 6. The Morgan fingerprint density at radius 3 is 1.45 bits per heavy atom. The van der Waals surface area contributed by atoms with Crippen molar-refractivity contribution in [2.24, 2.45) is 0 Å². The Hall–Kier alpha value is -7.28. The van der Waals surface area contributed by atoms with E-state index < -0.39 is 0 Å². The molecule has 0 bridgehead atoms. The van der Waals surface area contributed by atoms with Crippen molar-refractivity contribution in [3.05, 3.63) is 182 Å². The Bertz CT molecular complexity index is 3040. The smallest absolute Gasteiger partial charge is 0.231 e. The zero-order valence-corrected chi connectivity index (χ0v) is 30.7. The van der Waals surface area contributed by atoms with Gasteiger partial charge in [-0.25, -0.2) is 15.0 Å². The average Bonchev–Trinajstić information content (AvgIpc) is 3.85. The highest BCUT2D eigenvalue weighted by Crippen LogP contribution is 2.41. The van der Waals surface area contributed by atoms with Crippen LogP contribution >= 0.6 is 11.3 Å². The van der Waals surface area contributed by atoms with Gasteiger partial charge in [0, 0.05) is 43.1 Å². The van der Waals surface area contributed by atoms with Gasteiger partial charge in [0.05, 0.1) is 16.8 Å². The van der Waals surface area contributed by atoms with Gasteiger partial charge in [-0.2, -0.15) is 4.98 Å². The lowest BCUT2D eigenvalue weighted by Gasteiger charge is -2.11. The summed E-state index contributed by atoms with van der Waals surface area (Å²) >= 11 is 1.72. The third-order valence-corrected chi connectivity index (χ3v) is 11.4. The standard InChI is InChI=1S/C50H30N4OS/c1-3-14-31(15-4-1)47-51-45(43-39-24-7-9-26-41(39)55-49(43)53-47)37-22-12-20-35(29-37)33-18-11-19-34(28-33)36-21-13-23-38(30-36)46-44-40-25-8-10-27-42(40)56-50(44)54-48(52-46)32-16-5-2-6-17-32/h1-30H. The summed E-state index contributed by atoms with van der Waals surface area (Å²) in [5.41, 5.74) is 11.6. The van der Waals surface area contributed by atoms with Crippen LogP contribution < -0.4 is 0 Å². The maximum absolute atomic E-state index is 6.31. The van der Waals surface area contributed by atoms with Gasteiger partial charge in [-0.05, 0) is 52.6 Å². The van der Waals surface area contributed by atoms with Crippen molar-refractivity contribution in [1.82, 2.24) is 19.9 Å². The van der Waals surface area contributed by atoms with Crippen molar-refractivity contribution < 1.29 is 4.42 Å². The number of nitrogens with zero attached hydrogens (tertiary/aromatic N) is 4. The largest absolute Gasteiger partial charge is 0.438 e. The van der Waals surface area contributed by atoms with E-state index in [1.54, 1.807) is 11.3 Å². The molecule has 6 heteroatoms. The average molecular weight is 735 g/mol. The first-order valence-electron chi connectivity index (χ1n) is 18.5. The van der Waals surface area contributed by atoms with E-state index in [0.29, 0.717) is 11.5 Å². The Morgan fingerprint density at radius 1 is 0.357 bits per heavy atom. The summed E-state index contributed by atoms with van der Waals surface area (Å²) in [6.07, 6.45) is 0. The van der Waals surface area contributed by atoms with E-state index in [4.69, 9.17) is 24.4 Å². The van der Waals surface area contributed by atoms with Gasteiger partial charge in [-0.1, -0.05) is 152 Å². The molecule has 11 rings (SSSR count). The van der Waals surface area contributed by atoms with E-state index in [0.717, 1.165) is 88.3 Å². The maximum atomic E-state index is 6.31. The fourth-order valence-corrected chi connectivity index (χ4v) is 8.74. The van der Waals surface area contributed by atoms with Crippen LogP contribution in [0.2, 0.25) is 0 Å². The van der Waals surface area contributed by atoms with Crippen LogP contribution in [0.25, 0.3) is 110 Å². The first-order valence-corrected chi connectivity index (χ1v) is 19.4. The van der Waals surface area contributed by atoms with Crippen LogP contribution in [0.1, 0.15) is 0 Å². The van der Waals surface area contributed by atoms with Crippen LogP contribution in [0.5, 0.6) is 0 Å². The molecule has 0 aliphatic carbocycles. The van der Waals surface area contributed by atoms with E-state index >= 15 is 0 Å². The molecule has 0 N–H and O–H groups in total. The first-order chi connectivity index (χ1) is 27.7. The number of hydrogen-bond donors (Lipinski definition) is 0. The molecule has 0 spiro atoms. The number of thiophene rings is 1. The number of furan rings is 1. The summed E-state index contributed by atoms with van der Waals surface area (Å²) in [5.74, 6) is 1.36. The second kappa shape index (κ2) is 13.2. The van der Waals surface area contributed by atoms with Gasteiger partial charge in [0.25, 0.3) is 0 Å². The Kier molecular flexibility index (Phi) is 7.60. The molecular weight excluding hydrogens is 705 g/mol. The van der Waals surface area contributed by atoms with E-state index in [1.807, 2.05) is 66.7 Å². The number of hydrogen-bond acceptors (Lipinski definition) is 6. The van der Waals surface area contributed by atoms with Crippen molar-refractivity contribution in [3.63, 3.8) is 0 Å². The van der Waals surface area contributed by atoms with Crippen molar-refractivity contribution in [2.45, 2.75) is 0 Å². The molecule has 0 aliphatic rings. The molecule has 262 valence electrons. The van der Waals surface area contributed by atoms with Crippen LogP contribution in [0.4, 0.5) is 0 Å². The summed E-state index contributed by atoms with van der Waals surface area (Å²) in [7, 11) is 0. The summed E-state index contributed by atoms with van der Waals surface area (Å²) < 4.78 is 7.51. The topological polar surface area (TPSA) is 64.7 Å². The minimum absolute atomic E-state index is 0.578. The van der Waals surface area contributed by atoms with E-state index in [2.05, 4.69) is 115 Å². The van der Waals surface area contributed by atoms with Crippen LogP contribution in [0, 0.1) is 0 Å². The van der Waals surface area contributed by atoms with E-state index in [-0.39, 0.29) is 0 Å². The molecule has 4 heterocycles. The Labute approximate surface area is 326 Å². The third kappa shape index (κ3) is 5.54. The number of fused-ring (bicyclic) bond motifs is 6. The molecule has 0 radical (unpaired) electrons. The summed E-state index contributed by atoms with van der Waals surface area (Å²) in [6, 6.07) is 63.0. The zero-order chi connectivity index (χ0) is 37.0. The number of benzene rings is 7. The lowest BCUT2D eigenvalue weighted by molar-refractivity contribution is 0.653. The maximum Gasteiger partial charge on any atom is 0.231 e. The molecule has 0 atom stereocenters. The summed E-state index contributed by atoms with van der Waals surface area (Å²) in [6.45, 7) is 0. The predicted octanol–water partition coefficient (Wildman–Crippen LogP) is 13.5. The number of aromatic nitrogens is 4. The molecular formula is C50H30N4OS. The second-order valence-electron chi connectivity index (χ2n) is 13.8. The van der Waals surface area contributed by atoms with Crippen LogP contribution in [-0.4, -0.2) is 19.9 Å². The minimum Gasteiger partial charge on any atom is -0.438 e. The lowest BCUT2D eigenvalue weighted by Crippen LogP contribution is -1.94. The summed E-state index contributed by atoms with van der Waals surface area (Å²) in [4.78, 5) is 21.4. The summed E-state index contributed by atoms with van der Waals surface area (Å²) in [5, 5.41) is 4.18. The molecule has 0 unspecified atom stereocenters. The fraction of sp³-hybridized carbons (Fsp3) is 0. The molecule has 0 aliphatic heterocycles. The predicted molar refractivity (Wildman–Crippen MR) is 230 cm³/mol. The fourth-order valence-electron chi connectivity index (χ4n) is 7.67. The Morgan fingerprint density at radius 2 is 0.821 bits per heavy atom. The molecule has 7 aromatic carbocycles. The molecule has 5 nitrogen and oxygen atoms in total. The first kappa shape index (κ1) is 32.2. The van der Waals surface area contributed by atoms with Gasteiger partial charge in [0.2, 0.25) is 5.71 Å². The van der Waals surface area contributed by atoms with E-state index in [9.17, 15) is 0 Å². The normalized spacial score (nSPS) is 11.6. The second-order valence-corrected chi connectivity index (χ2v) is 14.9. The van der Waals surface area contributed by atoms with Crippen molar-refractivity contribution in [1.29, 1.82) is 0 Å². The van der Waals surface area contributed by atoms with Crippen molar-refractivity contribution in [3.8, 4) is 67.5 Å². The molecule has 0 amide bonds. The van der Waals surface area contributed by atoms with Gasteiger partial charge in [-0.15, -0.1) is 11.3 Å². The van der Waals surface area contributed by atoms with Crippen molar-refractivity contribution in [2.75, 3.05) is 0 Å². The SMILES string of the molecule is c1ccc(-c2nc(-c3cccc(-c4cccc(-c5cccc(-c6nc(-c7ccccc7)nc7sc8ccccc8c67)c5)c4)c3)c3c(n2)oc2ccccc23)cc1. The molecule has 0 saturated heterocycles. The van der Waals surface area contributed by atoms with E-state index in [1.165, 1.54) is 10.1 Å². The quantitative estimate of drug-likeness (QED) is 0.170.